The molecule has 4 nitrogen and oxygen atoms in total. The van der Waals surface area contributed by atoms with Gasteiger partial charge in [0, 0.05) is 68.8 Å². The molecular formula is C54H42N4. The lowest BCUT2D eigenvalue weighted by molar-refractivity contribution is 0.584. The largest absolute Gasteiger partial charge is 0.309 e. The van der Waals surface area contributed by atoms with Crippen molar-refractivity contribution in [1.82, 2.24) is 19.1 Å². The minimum absolute atomic E-state index is 0.252. The molecule has 0 saturated heterocycles. The Morgan fingerprint density at radius 2 is 0.828 bits per heavy atom. The topological polar surface area (TPSA) is 35.6 Å². The first-order valence-corrected chi connectivity index (χ1v) is 20.7. The Morgan fingerprint density at radius 3 is 1.22 bits per heavy atom. The summed E-state index contributed by atoms with van der Waals surface area (Å²) in [6.07, 6.45) is 7.66. The summed E-state index contributed by atoms with van der Waals surface area (Å²) in [7, 11) is 0. The van der Waals surface area contributed by atoms with Gasteiger partial charge in [0.1, 0.15) is 0 Å². The van der Waals surface area contributed by atoms with Crippen LogP contribution < -0.4 is 0 Å². The summed E-state index contributed by atoms with van der Waals surface area (Å²) in [6, 6.07) is 49.6. The van der Waals surface area contributed by atoms with E-state index in [1.807, 2.05) is 36.9 Å². The van der Waals surface area contributed by atoms with Gasteiger partial charge in [-0.2, -0.15) is 0 Å². The van der Waals surface area contributed by atoms with E-state index in [9.17, 15) is 0 Å². The van der Waals surface area contributed by atoms with Crippen LogP contribution in [0.2, 0.25) is 0 Å². The summed E-state index contributed by atoms with van der Waals surface area (Å²) < 4.78 is 5.12. The third-order valence-electron chi connectivity index (χ3n) is 13.9. The maximum atomic E-state index is 4.48. The van der Waals surface area contributed by atoms with E-state index >= 15 is 0 Å². The maximum Gasteiger partial charge on any atom is 0.0582 e. The molecule has 4 atom stereocenters. The van der Waals surface area contributed by atoms with Crippen molar-refractivity contribution in [2.24, 2.45) is 0 Å². The number of rotatable bonds is 4. The molecule has 2 aliphatic carbocycles. The van der Waals surface area contributed by atoms with Gasteiger partial charge in [0.2, 0.25) is 0 Å². The van der Waals surface area contributed by atoms with Gasteiger partial charge in [0.15, 0.2) is 0 Å². The van der Waals surface area contributed by atoms with E-state index in [4.69, 9.17) is 0 Å². The fourth-order valence-corrected chi connectivity index (χ4v) is 10.8. The Bertz CT molecular complexity index is 3050. The predicted molar refractivity (Wildman–Crippen MR) is 241 cm³/mol. The molecule has 4 aromatic heterocycles. The third-order valence-corrected chi connectivity index (χ3v) is 13.9. The van der Waals surface area contributed by atoms with Crippen LogP contribution in [-0.4, -0.2) is 19.1 Å². The van der Waals surface area contributed by atoms with Crippen molar-refractivity contribution in [3.63, 3.8) is 0 Å². The van der Waals surface area contributed by atoms with Crippen molar-refractivity contribution in [3.8, 4) is 44.8 Å². The summed E-state index contributed by atoms with van der Waals surface area (Å²) in [6.45, 7) is 9.92. The van der Waals surface area contributed by atoms with E-state index in [-0.39, 0.29) is 11.8 Å². The Balaban J connectivity index is 1.24. The fraction of sp³-hybridized carbons (Fsp3) is 0.148. The molecule has 0 radical (unpaired) electrons. The predicted octanol–water partition coefficient (Wildman–Crippen LogP) is 14.1. The van der Waals surface area contributed by atoms with Gasteiger partial charge >= 0.3 is 0 Å². The Labute approximate surface area is 338 Å². The molecular weight excluding hydrogens is 705 g/mol. The molecule has 278 valence electrons. The molecule has 0 saturated carbocycles. The Kier molecular flexibility index (Phi) is 7.11. The van der Waals surface area contributed by atoms with Gasteiger partial charge < -0.3 is 9.13 Å². The number of pyridine rings is 2. The molecule has 4 heteroatoms. The lowest BCUT2D eigenvalue weighted by Crippen LogP contribution is -2.24. The van der Waals surface area contributed by atoms with E-state index in [0.29, 0.717) is 11.8 Å². The van der Waals surface area contributed by atoms with Crippen LogP contribution in [0.4, 0.5) is 0 Å². The summed E-state index contributed by atoms with van der Waals surface area (Å²) in [5, 5.41) is 5.26. The van der Waals surface area contributed by atoms with E-state index in [2.05, 4.69) is 168 Å². The number of hydrogen-bond donors (Lipinski definition) is 0. The normalized spacial score (nSPS) is 18.3. The van der Waals surface area contributed by atoms with Gasteiger partial charge in [-0.05, 0) is 141 Å². The monoisotopic (exact) mass is 746 g/mol. The molecule has 0 spiro atoms. The molecule has 12 rings (SSSR count). The zero-order chi connectivity index (χ0) is 38.8. The zero-order valence-corrected chi connectivity index (χ0v) is 33.1. The van der Waals surface area contributed by atoms with Crippen LogP contribution >= 0.6 is 0 Å². The van der Waals surface area contributed by atoms with Gasteiger partial charge in [-0.25, -0.2) is 0 Å². The zero-order valence-electron chi connectivity index (χ0n) is 33.1. The molecule has 10 aromatic rings. The second-order valence-corrected chi connectivity index (χ2v) is 16.7. The summed E-state index contributed by atoms with van der Waals surface area (Å²) >= 11 is 0. The first-order valence-electron chi connectivity index (χ1n) is 20.7. The number of nitrogens with zero attached hydrogens (tertiary/aromatic N) is 4. The highest BCUT2D eigenvalue weighted by Crippen LogP contribution is 2.61. The average Bonchev–Trinajstić information content (AvgIpc) is 3.79. The minimum Gasteiger partial charge on any atom is -0.309 e. The van der Waals surface area contributed by atoms with Crippen LogP contribution in [0, 0.1) is 0 Å². The number of aromatic nitrogens is 4. The van der Waals surface area contributed by atoms with Gasteiger partial charge in [-0.1, -0.05) is 88.4 Å². The Hall–Kier alpha value is -6.78. The van der Waals surface area contributed by atoms with Crippen LogP contribution in [0.3, 0.4) is 0 Å². The van der Waals surface area contributed by atoms with Gasteiger partial charge in [0.05, 0.1) is 22.1 Å². The number of para-hydroxylation sites is 2. The van der Waals surface area contributed by atoms with Crippen LogP contribution in [0.5, 0.6) is 0 Å². The van der Waals surface area contributed by atoms with Crippen LogP contribution in [0.1, 0.15) is 73.6 Å². The van der Waals surface area contributed by atoms with E-state index in [1.165, 1.54) is 99.5 Å². The molecule has 4 heterocycles. The van der Waals surface area contributed by atoms with Crippen molar-refractivity contribution < 1.29 is 0 Å². The van der Waals surface area contributed by atoms with Crippen LogP contribution in [0.25, 0.3) is 88.4 Å². The molecule has 0 amide bonds. The highest BCUT2D eigenvalue weighted by atomic mass is 15.0. The first-order chi connectivity index (χ1) is 28.5. The molecule has 0 bridgehead atoms. The second-order valence-electron chi connectivity index (χ2n) is 16.7. The van der Waals surface area contributed by atoms with Crippen molar-refractivity contribution in [1.29, 1.82) is 0 Å². The summed E-state index contributed by atoms with van der Waals surface area (Å²) in [5.74, 6) is 1.17. The summed E-state index contributed by atoms with van der Waals surface area (Å²) in [5.41, 5.74) is 21.0. The molecule has 0 fully saturated rings. The third kappa shape index (κ3) is 4.51. The smallest absolute Gasteiger partial charge is 0.0582 e. The maximum absolute atomic E-state index is 4.48. The molecule has 58 heavy (non-hydrogen) atoms. The van der Waals surface area contributed by atoms with Crippen LogP contribution in [-0.2, 0) is 0 Å². The summed E-state index contributed by atoms with van der Waals surface area (Å²) in [4.78, 5) is 8.95. The number of benzene rings is 6. The van der Waals surface area contributed by atoms with Crippen molar-refractivity contribution in [2.45, 2.75) is 51.4 Å². The quantitative estimate of drug-likeness (QED) is 0.180. The highest BCUT2D eigenvalue weighted by molar-refractivity contribution is 6.17. The highest BCUT2D eigenvalue weighted by Gasteiger charge is 2.42. The van der Waals surface area contributed by atoms with E-state index < -0.39 is 0 Å². The van der Waals surface area contributed by atoms with Gasteiger partial charge in [-0.3, -0.25) is 9.97 Å². The molecule has 0 aliphatic heterocycles. The first kappa shape index (κ1) is 33.4. The van der Waals surface area contributed by atoms with Crippen molar-refractivity contribution >= 4 is 43.6 Å². The van der Waals surface area contributed by atoms with Gasteiger partial charge in [-0.15, -0.1) is 0 Å². The van der Waals surface area contributed by atoms with Gasteiger partial charge in [0.25, 0.3) is 0 Å². The molecule has 2 aliphatic rings. The Morgan fingerprint density at radius 1 is 0.397 bits per heavy atom. The number of fused-ring (bicyclic) bond motifs is 8. The fourth-order valence-electron chi connectivity index (χ4n) is 10.8. The van der Waals surface area contributed by atoms with E-state index in [1.54, 1.807) is 0 Å². The van der Waals surface area contributed by atoms with Crippen LogP contribution in [0.15, 0.2) is 158 Å². The lowest BCUT2D eigenvalue weighted by atomic mass is 9.62. The standard InChI is InChI=1S/C54H42N4/c1-31-32(2)42-28-46-44-26-36(38-14-12-24-56-30-38)20-22-48(44)58(40-17-9-6-10-18-40)54(46)50-34(4)33(3)49-51(52(42)50)41(31)27-45-43-25-35(37-13-11-23-55-29-37)19-21-47(43)57(53(45)49)39-15-7-5-8-16-39/h5-34H,1-4H3. The number of hydrogen-bond acceptors (Lipinski definition) is 2. The average molecular weight is 747 g/mol. The second kappa shape index (κ2) is 12.4. The SMILES string of the molecule is CC1c2cc3c4cc(-c5cccnc5)ccc4n(-c4ccccc4)c3c3c2-c2c(cc4c5cc(-c6cccnc6)ccc5n(-c5ccccc5)c4c2C(C)C3C)C1C. The molecule has 4 unspecified atom stereocenters. The van der Waals surface area contributed by atoms with E-state index in [0.717, 1.165) is 11.1 Å². The minimum atomic E-state index is 0.252. The molecule has 0 N–H and O–H groups in total. The lowest BCUT2D eigenvalue weighted by Gasteiger charge is -2.42. The van der Waals surface area contributed by atoms with Crippen molar-refractivity contribution in [2.75, 3.05) is 0 Å². The van der Waals surface area contributed by atoms with Crippen molar-refractivity contribution in [3.05, 3.63) is 181 Å². The molecule has 6 aromatic carbocycles.